The van der Waals surface area contributed by atoms with E-state index < -0.39 is 0 Å². The third-order valence-corrected chi connectivity index (χ3v) is 4.52. The molecule has 1 saturated heterocycles. The van der Waals surface area contributed by atoms with E-state index in [4.69, 9.17) is 0 Å². The highest BCUT2D eigenvalue weighted by atomic mass is 16.1. The molecule has 1 aliphatic rings. The lowest BCUT2D eigenvalue weighted by molar-refractivity contribution is 0.0946. The Labute approximate surface area is 134 Å². The monoisotopic (exact) mass is 300 g/mol. The van der Waals surface area contributed by atoms with E-state index in [0.717, 1.165) is 24.2 Å². The Balaban J connectivity index is 1.92. The highest BCUT2D eigenvalue weighted by molar-refractivity contribution is 5.95. The molecule has 22 heavy (non-hydrogen) atoms. The molecule has 3 heteroatoms. The highest BCUT2D eigenvalue weighted by Crippen LogP contribution is 2.20. The lowest BCUT2D eigenvalue weighted by atomic mass is 9.98. The minimum atomic E-state index is 0.0298. The van der Waals surface area contributed by atoms with E-state index in [9.17, 15) is 4.79 Å². The van der Waals surface area contributed by atoms with E-state index in [1.807, 2.05) is 25.1 Å². The zero-order chi connectivity index (χ0) is 15.9. The van der Waals surface area contributed by atoms with Crippen LogP contribution >= 0.6 is 0 Å². The van der Waals surface area contributed by atoms with Crippen LogP contribution in [-0.4, -0.2) is 37.0 Å². The first-order valence-corrected chi connectivity index (χ1v) is 8.36. The molecule has 2 rings (SSSR count). The maximum atomic E-state index is 12.3. The van der Waals surface area contributed by atoms with Crippen molar-refractivity contribution < 1.29 is 4.79 Å². The number of carbonyl (C=O) groups is 1. The standard InChI is InChI=1S/C19H28N2O/c1-4-15(2)18-14-17(9-8-16(18)3)19(22)20-10-13-21-11-6-5-7-12-21/h4,8-9,14H,5-7,10-13H2,1-3H3,(H,20,22)/b15-4+. The molecule has 1 fully saturated rings. The van der Waals surface area contributed by atoms with Crippen LogP contribution in [0.2, 0.25) is 0 Å². The van der Waals surface area contributed by atoms with Gasteiger partial charge in [-0.2, -0.15) is 0 Å². The van der Waals surface area contributed by atoms with Gasteiger partial charge in [0.2, 0.25) is 0 Å². The zero-order valence-corrected chi connectivity index (χ0v) is 14.1. The molecule has 0 atom stereocenters. The van der Waals surface area contributed by atoms with Crippen molar-refractivity contribution in [3.8, 4) is 0 Å². The number of hydrogen-bond acceptors (Lipinski definition) is 2. The fraction of sp³-hybridized carbons (Fsp3) is 0.526. The van der Waals surface area contributed by atoms with Gasteiger partial charge in [0.25, 0.3) is 5.91 Å². The Morgan fingerprint density at radius 2 is 2.00 bits per heavy atom. The number of nitrogens with zero attached hydrogens (tertiary/aromatic N) is 1. The number of rotatable bonds is 5. The number of benzene rings is 1. The van der Waals surface area contributed by atoms with Gasteiger partial charge in [-0.3, -0.25) is 4.79 Å². The third kappa shape index (κ3) is 4.44. The first-order chi connectivity index (χ1) is 10.6. The van der Waals surface area contributed by atoms with Crippen LogP contribution in [0.3, 0.4) is 0 Å². The molecule has 0 radical (unpaired) electrons. The predicted octanol–water partition coefficient (Wildman–Crippen LogP) is 3.63. The minimum Gasteiger partial charge on any atom is -0.351 e. The van der Waals surface area contributed by atoms with Gasteiger partial charge in [-0.15, -0.1) is 0 Å². The van der Waals surface area contributed by atoms with Crippen LogP contribution in [0.25, 0.3) is 5.57 Å². The van der Waals surface area contributed by atoms with Gasteiger partial charge in [0, 0.05) is 18.7 Å². The Kier molecular flexibility index (Phi) is 6.20. The Morgan fingerprint density at radius 1 is 1.27 bits per heavy atom. The molecule has 120 valence electrons. The number of likely N-dealkylation sites (tertiary alicyclic amines) is 1. The Hall–Kier alpha value is -1.61. The van der Waals surface area contributed by atoms with Crippen molar-refractivity contribution in [2.24, 2.45) is 0 Å². The second-order valence-corrected chi connectivity index (χ2v) is 6.16. The van der Waals surface area contributed by atoms with E-state index in [-0.39, 0.29) is 5.91 Å². The summed E-state index contributed by atoms with van der Waals surface area (Å²) in [5.74, 6) is 0.0298. The summed E-state index contributed by atoms with van der Waals surface area (Å²) in [6, 6.07) is 5.95. The first-order valence-electron chi connectivity index (χ1n) is 8.36. The molecule has 0 saturated carbocycles. The molecule has 1 amide bonds. The third-order valence-electron chi connectivity index (χ3n) is 4.52. The fourth-order valence-electron chi connectivity index (χ4n) is 2.96. The summed E-state index contributed by atoms with van der Waals surface area (Å²) in [6.07, 6.45) is 6.01. The van der Waals surface area contributed by atoms with Gasteiger partial charge in [-0.25, -0.2) is 0 Å². The smallest absolute Gasteiger partial charge is 0.251 e. The van der Waals surface area contributed by atoms with Crippen molar-refractivity contribution in [3.05, 3.63) is 41.0 Å². The Bertz CT molecular complexity index is 542. The largest absolute Gasteiger partial charge is 0.351 e. The second kappa shape index (κ2) is 8.14. The SMILES string of the molecule is C/C=C(\C)c1cc(C(=O)NCCN2CCCCC2)ccc1C. The molecular weight excluding hydrogens is 272 g/mol. The van der Waals surface area contributed by atoms with Gasteiger partial charge >= 0.3 is 0 Å². The summed E-state index contributed by atoms with van der Waals surface area (Å²) >= 11 is 0. The van der Waals surface area contributed by atoms with Gasteiger partial charge in [0.1, 0.15) is 0 Å². The first kappa shape index (κ1) is 16.8. The molecule has 1 aromatic carbocycles. The predicted molar refractivity (Wildman–Crippen MR) is 93.1 cm³/mol. The average Bonchev–Trinajstić information content (AvgIpc) is 2.55. The number of hydrogen-bond donors (Lipinski definition) is 1. The molecule has 3 nitrogen and oxygen atoms in total. The maximum absolute atomic E-state index is 12.3. The van der Waals surface area contributed by atoms with Crippen LogP contribution in [0.5, 0.6) is 0 Å². The van der Waals surface area contributed by atoms with E-state index in [1.54, 1.807) is 0 Å². The summed E-state index contributed by atoms with van der Waals surface area (Å²) in [7, 11) is 0. The number of carbonyl (C=O) groups excluding carboxylic acids is 1. The second-order valence-electron chi connectivity index (χ2n) is 6.16. The van der Waals surface area contributed by atoms with Crippen molar-refractivity contribution in [2.75, 3.05) is 26.2 Å². The van der Waals surface area contributed by atoms with Crippen molar-refractivity contribution in [3.63, 3.8) is 0 Å². The molecule has 0 aromatic heterocycles. The molecule has 0 aliphatic carbocycles. The van der Waals surface area contributed by atoms with E-state index in [2.05, 4.69) is 30.1 Å². The zero-order valence-electron chi connectivity index (χ0n) is 14.1. The highest BCUT2D eigenvalue weighted by Gasteiger charge is 2.11. The van der Waals surface area contributed by atoms with Crippen molar-refractivity contribution in [1.29, 1.82) is 0 Å². The number of nitrogens with one attached hydrogen (secondary N) is 1. The number of piperidine rings is 1. The van der Waals surface area contributed by atoms with E-state index in [0.29, 0.717) is 0 Å². The minimum absolute atomic E-state index is 0.0298. The van der Waals surface area contributed by atoms with Crippen LogP contribution in [-0.2, 0) is 0 Å². The molecule has 0 unspecified atom stereocenters. The summed E-state index contributed by atoms with van der Waals surface area (Å²) in [6.45, 7) is 10.2. The topological polar surface area (TPSA) is 32.3 Å². The molecule has 0 spiro atoms. The normalized spacial score (nSPS) is 16.6. The average molecular weight is 300 g/mol. The molecular formula is C19H28N2O. The van der Waals surface area contributed by atoms with Gasteiger partial charge in [0.15, 0.2) is 0 Å². The van der Waals surface area contributed by atoms with Crippen molar-refractivity contribution in [2.45, 2.75) is 40.0 Å². The molecule has 1 heterocycles. The van der Waals surface area contributed by atoms with E-state index in [1.165, 1.54) is 43.5 Å². The lowest BCUT2D eigenvalue weighted by Crippen LogP contribution is -2.37. The van der Waals surface area contributed by atoms with Crippen LogP contribution in [0.1, 0.15) is 54.6 Å². The molecule has 1 aliphatic heterocycles. The van der Waals surface area contributed by atoms with Crippen molar-refractivity contribution >= 4 is 11.5 Å². The summed E-state index contributed by atoms with van der Waals surface area (Å²) in [4.78, 5) is 14.8. The molecule has 1 aromatic rings. The van der Waals surface area contributed by atoms with Crippen LogP contribution in [0, 0.1) is 6.92 Å². The molecule has 0 bridgehead atoms. The van der Waals surface area contributed by atoms with Crippen LogP contribution in [0.4, 0.5) is 0 Å². The van der Waals surface area contributed by atoms with Gasteiger partial charge in [-0.05, 0) is 75.5 Å². The number of aryl methyl sites for hydroxylation is 1. The maximum Gasteiger partial charge on any atom is 0.251 e. The molecule has 1 N–H and O–H groups in total. The van der Waals surface area contributed by atoms with Gasteiger partial charge in [-0.1, -0.05) is 18.6 Å². The van der Waals surface area contributed by atoms with Gasteiger partial charge in [0.05, 0.1) is 0 Å². The van der Waals surface area contributed by atoms with Crippen molar-refractivity contribution in [1.82, 2.24) is 10.2 Å². The fourth-order valence-corrected chi connectivity index (χ4v) is 2.96. The summed E-state index contributed by atoms with van der Waals surface area (Å²) in [5, 5.41) is 3.05. The number of amides is 1. The number of allylic oxidation sites excluding steroid dienone is 2. The Morgan fingerprint density at radius 3 is 2.68 bits per heavy atom. The van der Waals surface area contributed by atoms with Gasteiger partial charge < -0.3 is 10.2 Å². The quantitative estimate of drug-likeness (QED) is 0.900. The van der Waals surface area contributed by atoms with Crippen LogP contribution < -0.4 is 5.32 Å². The lowest BCUT2D eigenvalue weighted by Gasteiger charge is -2.26. The summed E-state index contributed by atoms with van der Waals surface area (Å²) in [5.41, 5.74) is 4.33. The van der Waals surface area contributed by atoms with Crippen LogP contribution in [0.15, 0.2) is 24.3 Å². The summed E-state index contributed by atoms with van der Waals surface area (Å²) < 4.78 is 0. The van der Waals surface area contributed by atoms with E-state index >= 15 is 0 Å².